The van der Waals surface area contributed by atoms with Gasteiger partial charge in [0.1, 0.15) is 0 Å². The average molecular weight is 221 g/mol. The van der Waals surface area contributed by atoms with Crippen molar-refractivity contribution in [3.63, 3.8) is 0 Å². The molecule has 2 rings (SSSR count). The second kappa shape index (κ2) is 5.00. The minimum absolute atomic E-state index is 0.602. The van der Waals surface area contributed by atoms with Crippen LogP contribution in [0.15, 0.2) is 12.4 Å². The molecule has 1 aliphatic carbocycles. The monoisotopic (exact) mass is 221 g/mol. The molecule has 0 spiro atoms. The largest absolute Gasteiger partial charge is 0.330 e. The number of nitrogens with two attached hydrogens (primary N) is 1. The van der Waals surface area contributed by atoms with E-state index in [1.807, 2.05) is 6.20 Å². The van der Waals surface area contributed by atoms with Crippen molar-refractivity contribution in [1.29, 1.82) is 0 Å². The van der Waals surface area contributed by atoms with E-state index in [0.717, 1.165) is 18.3 Å². The molecular weight excluding hydrogens is 198 g/mol. The molecule has 1 heterocycles. The van der Waals surface area contributed by atoms with E-state index >= 15 is 0 Å². The van der Waals surface area contributed by atoms with E-state index in [4.69, 9.17) is 5.73 Å². The fraction of sp³-hybridized carbons (Fsp3) is 0.769. The number of rotatable bonds is 3. The Morgan fingerprint density at radius 3 is 2.62 bits per heavy atom. The van der Waals surface area contributed by atoms with Crippen molar-refractivity contribution in [2.75, 3.05) is 6.54 Å². The lowest BCUT2D eigenvalue weighted by molar-refractivity contribution is 0.210. The molecule has 0 amide bonds. The fourth-order valence-electron chi connectivity index (χ4n) is 2.99. The Morgan fingerprint density at radius 1 is 1.31 bits per heavy atom. The third kappa shape index (κ3) is 2.64. The van der Waals surface area contributed by atoms with Crippen LogP contribution in [0.5, 0.6) is 0 Å². The van der Waals surface area contributed by atoms with Crippen molar-refractivity contribution in [2.45, 2.75) is 45.6 Å². The Morgan fingerprint density at radius 2 is 2.00 bits per heavy atom. The summed E-state index contributed by atoms with van der Waals surface area (Å²) in [4.78, 5) is 0. The second-order valence-corrected chi connectivity index (χ2v) is 5.44. The molecule has 1 aliphatic rings. The van der Waals surface area contributed by atoms with Crippen LogP contribution < -0.4 is 5.73 Å². The first-order chi connectivity index (χ1) is 7.69. The normalized spacial score (nSPS) is 30.6. The molecule has 16 heavy (non-hydrogen) atoms. The van der Waals surface area contributed by atoms with E-state index in [1.54, 1.807) is 0 Å². The first-order valence-corrected chi connectivity index (χ1v) is 6.42. The molecule has 3 nitrogen and oxygen atoms in total. The van der Waals surface area contributed by atoms with Gasteiger partial charge in [0.15, 0.2) is 0 Å². The van der Waals surface area contributed by atoms with E-state index in [1.165, 1.54) is 24.8 Å². The van der Waals surface area contributed by atoms with E-state index < -0.39 is 0 Å². The lowest BCUT2D eigenvalue weighted by Gasteiger charge is -2.31. The van der Waals surface area contributed by atoms with Crippen molar-refractivity contribution in [2.24, 2.45) is 17.6 Å². The van der Waals surface area contributed by atoms with Gasteiger partial charge >= 0.3 is 0 Å². The third-order valence-electron chi connectivity index (χ3n) is 3.62. The third-order valence-corrected chi connectivity index (χ3v) is 3.62. The Hall–Kier alpha value is -0.830. The molecule has 0 saturated heterocycles. The zero-order valence-corrected chi connectivity index (χ0v) is 10.4. The highest BCUT2D eigenvalue weighted by Crippen LogP contribution is 2.35. The molecule has 0 aliphatic heterocycles. The van der Waals surface area contributed by atoms with Crippen LogP contribution in [0.3, 0.4) is 0 Å². The van der Waals surface area contributed by atoms with Crippen molar-refractivity contribution >= 4 is 0 Å². The van der Waals surface area contributed by atoms with Gasteiger partial charge in [0.2, 0.25) is 0 Å². The van der Waals surface area contributed by atoms with Crippen LogP contribution in [-0.2, 0) is 6.42 Å². The molecule has 0 aromatic carbocycles. The van der Waals surface area contributed by atoms with Crippen LogP contribution in [0.1, 0.15) is 44.7 Å². The lowest BCUT2D eigenvalue weighted by Crippen LogP contribution is -2.22. The van der Waals surface area contributed by atoms with E-state index in [2.05, 4.69) is 29.8 Å². The molecule has 1 fully saturated rings. The number of hydrogen-bond donors (Lipinski definition) is 1. The topological polar surface area (TPSA) is 43.8 Å². The van der Waals surface area contributed by atoms with Crippen LogP contribution in [0.4, 0.5) is 0 Å². The Kier molecular flexibility index (Phi) is 3.64. The Balaban J connectivity index is 2.04. The maximum atomic E-state index is 5.56. The summed E-state index contributed by atoms with van der Waals surface area (Å²) in [6, 6.07) is 0.602. The maximum absolute atomic E-state index is 5.56. The zero-order chi connectivity index (χ0) is 11.5. The van der Waals surface area contributed by atoms with Gasteiger partial charge in [0, 0.05) is 6.20 Å². The highest BCUT2D eigenvalue weighted by Gasteiger charge is 2.25. The molecule has 2 N–H and O–H groups in total. The van der Waals surface area contributed by atoms with Crippen molar-refractivity contribution in [3.05, 3.63) is 18.0 Å². The van der Waals surface area contributed by atoms with E-state index in [0.29, 0.717) is 12.6 Å². The van der Waals surface area contributed by atoms with Crippen molar-refractivity contribution in [1.82, 2.24) is 9.78 Å². The van der Waals surface area contributed by atoms with E-state index in [-0.39, 0.29) is 0 Å². The summed E-state index contributed by atoms with van der Waals surface area (Å²) < 4.78 is 2.16. The molecule has 1 aromatic heterocycles. The summed E-state index contributed by atoms with van der Waals surface area (Å²) in [5.41, 5.74) is 6.83. The van der Waals surface area contributed by atoms with Gasteiger partial charge in [0.25, 0.3) is 0 Å². The summed E-state index contributed by atoms with van der Waals surface area (Å²) in [5, 5.41) is 4.49. The first kappa shape index (κ1) is 11.6. The molecular formula is C13H23N3. The van der Waals surface area contributed by atoms with Gasteiger partial charge in [-0.3, -0.25) is 4.68 Å². The highest BCUT2D eigenvalue weighted by atomic mass is 15.3. The fourth-order valence-corrected chi connectivity index (χ4v) is 2.99. The van der Waals surface area contributed by atoms with Gasteiger partial charge in [-0.15, -0.1) is 0 Å². The van der Waals surface area contributed by atoms with Crippen LogP contribution in [0.25, 0.3) is 0 Å². The number of hydrogen-bond acceptors (Lipinski definition) is 2. The summed E-state index contributed by atoms with van der Waals surface area (Å²) in [5.74, 6) is 1.66. The summed E-state index contributed by atoms with van der Waals surface area (Å²) in [6.07, 6.45) is 9.01. The van der Waals surface area contributed by atoms with Gasteiger partial charge in [0.05, 0.1) is 12.2 Å². The average Bonchev–Trinajstić information content (AvgIpc) is 2.65. The molecule has 2 atom stereocenters. The molecule has 90 valence electrons. The first-order valence-electron chi connectivity index (χ1n) is 6.42. The minimum atomic E-state index is 0.602. The minimum Gasteiger partial charge on any atom is -0.330 e. The summed E-state index contributed by atoms with van der Waals surface area (Å²) in [7, 11) is 0. The lowest BCUT2D eigenvalue weighted by atomic mass is 9.80. The van der Waals surface area contributed by atoms with Gasteiger partial charge in [-0.2, -0.15) is 5.10 Å². The molecule has 1 aromatic rings. The summed E-state index contributed by atoms with van der Waals surface area (Å²) in [6.45, 7) is 5.42. The Labute approximate surface area is 98.0 Å². The summed E-state index contributed by atoms with van der Waals surface area (Å²) >= 11 is 0. The molecule has 3 heteroatoms. The Bertz CT molecular complexity index is 322. The standard InChI is InChI=1S/C13H23N3/c1-10-5-11(2)7-13(6-10)16-9-12(3-4-14)8-15-16/h8-11,13H,3-7,14H2,1-2H3. The predicted molar refractivity (Wildman–Crippen MR) is 66.2 cm³/mol. The van der Waals surface area contributed by atoms with Crippen LogP contribution in [-0.4, -0.2) is 16.3 Å². The smallest absolute Gasteiger partial charge is 0.0524 e. The van der Waals surface area contributed by atoms with Crippen molar-refractivity contribution < 1.29 is 0 Å². The van der Waals surface area contributed by atoms with E-state index in [9.17, 15) is 0 Å². The van der Waals surface area contributed by atoms with Gasteiger partial charge in [-0.1, -0.05) is 13.8 Å². The maximum Gasteiger partial charge on any atom is 0.0524 e. The van der Waals surface area contributed by atoms with Crippen LogP contribution in [0, 0.1) is 11.8 Å². The quantitative estimate of drug-likeness (QED) is 0.851. The number of aromatic nitrogens is 2. The van der Waals surface area contributed by atoms with Gasteiger partial charge < -0.3 is 5.73 Å². The van der Waals surface area contributed by atoms with Gasteiger partial charge in [-0.25, -0.2) is 0 Å². The molecule has 1 saturated carbocycles. The van der Waals surface area contributed by atoms with Gasteiger partial charge in [-0.05, 0) is 49.6 Å². The molecule has 0 radical (unpaired) electrons. The molecule has 2 unspecified atom stereocenters. The second-order valence-electron chi connectivity index (χ2n) is 5.44. The zero-order valence-electron chi connectivity index (χ0n) is 10.4. The SMILES string of the molecule is CC1CC(C)CC(n2cc(CCN)cn2)C1. The highest BCUT2D eigenvalue weighted by molar-refractivity contribution is 5.05. The predicted octanol–water partition coefficient (Wildman–Crippen LogP) is 2.38. The van der Waals surface area contributed by atoms with Crippen LogP contribution >= 0.6 is 0 Å². The van der Waals surface area contributed by atoms with Crippen LogP contribution in [0.2, 0.25) is 0 Å². The molecule has 0 bridgehead atoms. The number of nitrogens with zero attached hydrogens (tertiary/aromatic N) is 2. The van der Waals surface area contributed by atoms with Crippen molar-refractivity contribution in [3.8, 4) is 0 Å².